The second-order valence-electron chi connectivity index (χ2n) is 8.91. The molecule has 2 atom stereocenters. The minimum atomic E-state index is -0.738. The van der Waals surface area contributed by atoms with E-state index < -0.39 is 17.9 Å². The molecule has 184 valence electrons. The molecule has 1 aliphatic rings. The van der Waals surface area contributed by atoms with Gasteiger partial charge in [0.25, 0.3) is 5.91 Å². The van der Waals surface area contributed by atoms with Crippen LogP contribution in [0, 0.1) is 28.6 Å². The van der Waals surface area contributed by atoms with Crippen LogP contribution in [0.15, 0.2) is 78.9 Å². The first kappa shape index (κ1) is 25.2. The fourth-order valence-electron chi connectivity index (χ4n) is 4.38. The van der Waals surface area contributed by atoms with E-state index in [-0.39, 0.29) is 31.3 Å². The van der Waals surface area contributed by atoms with Crippen LogP contribution < -0.4 is 5.32 Å². The molecule has 3 amide bonds. The van der Waals surface area contributed by atoms with E-state index in [1.165, 1.54) is 16.8 Å². The second-order valence-corrected chi connectivity index (χ2v) is 8.91. The summed E-state index contributed by atoms with van der Waals surface area (Å²) < 4.78 is 0. The van der Waals surface area contributed by atoms with Crippen molar-refractivity contribution in [2.75, 3.05) is 25.5 Å². The molecule has 2 unspecified atom stereocenters. The number of carbonyl (C=O) groups is 3. The third-order valence-electron chi connectivity index (χ3n) is 6.34. The van der Waals surface area contributed by atoms with E-state index in [4.69, 9.17) is 5.26 Å². The first-order valence-electron chi connectivity index (χ1n) is 11.8. The molecule has 0 bridgehead atoms. The Bertz CT molecular complexity index is 1410. The average molecular weight is 492 g/mol. The van der Waals surface area contributed by atoms with Crippen molar-refractivity contribution < 1.29 is 14.4 Å². The molecular formula is C29H25N5O3. The summed E-state index contributed by atoms with van der Waals surface area (Å²) in [5.74, 6) is -1.51. The van der Waals surface area contributed by atoms with Gasteiger partial charge < -0.3 is 15.1 Å². The molecule has 4 rings (SSSR count). The van der Waals surface area contributed by atoms with Crippen LogP contribution in [-0.4, -0.2) is 53.7 Å². The monoisotopic (exact) mass is 491 g/mol. The second kappa shape index (κ2) is 11.2. The largest absolute Gasteiger partial charge is 0.332 e. The van der Waals surface area contributed by atoms with E-state index in [1.807, 2.05) is 30.3 Å². The smallest absolute Gasteiger partial charge is 0.254 e. The third kappa shape index (κ3) is 5.83. The fraction of sp³-hybridized carbons (Fsp3) is 0.207. The molecule has 0 spiro atoms. The Morgan fingerprint density at radius 3 is 2.38 bits per heavy atom. The minimum absolute atomic E-state index is 0.114. The SMILES string of the molecule is CN(CC(=O)N1CC(C(=O)Nc2ccccc2)CC1C#N)C(=O)c1cccc(-c2cccc(C#N)c2)c1. The van der Waals surface area contributed by atoms with Crippen molar-refractivity contribution in [2.24, 2.45) is 5.92 Å². The lowest BCUT2D eigenvalue weighted by Gasteiger charge is -2.24. The molecule has 8 heteroatoms. The van der Waals surface area contributed by atoms with E-state index in [9.17, 15) is 19.6 Å². The van der Waals surface area contributed by atoms with Crippen molar-refractivity contribution >= 4 is 23.4 Å². The summed E-state index contributed by atoms with van der Waals surface area (Å²) in [4.78, 5) is 41.6. The van der Waals surface area contributed by atoms with Gasteiger partial charge in [-0.05, 0) is 53.9 Å². The van der Waals surface area contributed by atoms with Crippen LogP contribution in [0.2, 0.25) is 0 Å². The highest BCUT2D eigenvalue weighted by atomic mass is 16.2. The maximum Gasteiger partial charge on any atom is 0.254 e. The van der Waals surface area contributed by atoms with E-state index in [0.717, 1.165) is 11.1 Å². The molecule has 1 fully saturated rings. The summed E-state index contributed by atoms with van der Waals surface area (Å²) in [6.07, 6.45) is 0.238. The van der Waals surface area contributed by atoms with Crippen molar-refractivity contribution in [3.8, 4) is 23.3 Å². The Labute approximate surface area is 215 Å². The Balaban J connectivity index is 1.41. The Kier molecular flexibility index (Phi) is 7.61. The normalized spacial score (nSPS) is 16.4. The maximum atomic E-state index is 13.1. The van der Waals surface area contributed by atoms with Crippen molar-refractivity contribution in [2.45, 2.75) is 12.5 Å². The first-order valence-corrected chi connectivity index (χ1v) is 11.8. The van der Waals surface area contributed by atoms with Crippen LogP contribution in [0.5, 0.6) is 0 Å². The summed E-state index contributed by atoms with van der Waals surface area (Å²) in [5.41, 5.74) is 3.15. The number of hydrogen-bond acceptors (Lipinski definition) is 5. The molecule has 1 N–H and O–H groups in total. The minimum Gasteiger partial charge on any atom is -0.332 e. The summed E-state index contributed by atoms with van der Waals surface area (Å²) in [6.45, 7) is -0.110. The van der Waals surface area contributed by atoms with Crippen molar-refractivity contribution in [3.63, 3.8) is 0 Å². The lowest BCUT2D eigenvalue weighted by Crippen LogP contribution is -2.43. The van der Waals surface area contributed by atoms with Crippen LogP contribution >= 0.6 is 0 Å². The zero-order chi connectivity index (χ0) is 26.4. The summed E-state index contributed by atoms with van der Waals surface area (Å²) in [5, 5.41) is 21.6. The number of likely N-dealkylation sites (N-methyl/N-ethyl adjacent to an activating group) is 1. The van der Waals surface area contributed by atoms with Gasteiger partial charge in [-0.2, -0.15) is 10.5 Å². The van der Waals surface area contributed by atoms with E-state index in [2.05, 4.69) is 17.5 Å². The van der Waals surface area contributed by atoms with Crippen LogP contribution in [0.1, 0.15) is 22.3 Å². The van der Waals surface area contributed by atoms with E-state index in [0.29, 0.717) is 16.8 Å². The standard InChI is InChI=1S/C29H25N5O3/c1-33(29(37)23-10-6-9-22(14-23)21-8-5-7-20(13-21)16-30)19-27(35)34-18-24(15-26(34)17-31)28(36)32-25-11-3-2-4-12-25/h2-14,24,26H,15,18-19H2,1H3,(H,32,36). The van der Waals surface area contributed by atoms with Gasteiger partial charge in [-0.25, -0.2) is 0 Å². The highest BCUT2D eigenvalue weighted by Gasteiger charge is 2.39. The predicted octanol–water partition coefficient (Wildman–Crippen LogP) is 3.68. The van der Waals surface area contributed by atoms with Gasteiger partial charge in [0.15, 0.2) is 0 Å². The van der Waals surface area contributed by atoms with Crippen molar-refractivity contribution in [3.05, 3.63) is 90.0 Å². The number of rotatable bonds is 6. The highest BCUT2D eigenvalue weighted by molar-refractivity contribution is 5.98. The summed E-state index contributed by atoms with van der Waals surface area (Å²) in [6, 6.07) is 26.6. The van der Waals surface area contributed by atoms with Gasteiger partial charge in [-0.15, -0.1) is 0 Å². The topological polar surface area (TPSA) is 117 Å². The molecule has 0 aliphatic carbocycles. The average Bonchev–Trinajstić information content (AvgIpc) is 3.38. The number of likely N-dealkylation sites (tertiary alicyclic amines) is 1. The molecule has 3 aromatic carbocycles. The molecule has 1 aliphatic heterocycles. The molecule has 37 heavy (non-hydrogen) atoms. The van der Waals surface area contributed by atoms with Gasteiger partial charge in [0.1, 0.15) is 6.04 Å². The van der Waals surface area contributed by atoms with Crippen LogP contribution in [-0.2, 0) is 9.59 Å². The summed E-state index contributed by atoms with van der Waals surface area (Å²) >= 11 is 0. The van der Waals surface area contributed by atoms with Gasteiger partial charge in [-0.3, -0.25) is 14.4 Å². The first-order chi connectivity index (χ1) is 17.9. The van der Waals surface area contributed by atoms with Gasteiger partial charge in [-0.1, -0.05) is 42.5 Å². The molecule has 3 aromatic rings. The number of hydrogen-bond donors (Lipinski definition) is 1. The molecule has 1 heterocycles. The Hall–Kier alpha value is -4.95. The molecule has 0 radical (unpaired) electrons. The van der Waals surface area contributed by atoms with Gasteiger partial charge >= 0.3 is 0 Å². The van der Waals surface area contributed by atoms with Crippen LogP contribution in [0.25, 0.3) is 11.1 Å². The van der Waals surface area contributed by atoms with Gasteiger partial charge in [0.05, 0.1) is 30.2 Å². The number of benzene rings is 3. The van der Waals surface area contributed by atoms with E-state index in [1.54, 1.807) is 48.5 Å². The number of nitrogens with zero attached hydrogens (tertiary/aromatic N) is 4. The van der Waals surface area contributed by atoms with Crippen LogP contribution in [0.3, 0.4) is 0 Å². The molecule has 8 nitrogen and oxygen atoms in total. The number of carbonyl (C=O) groups excluding carboxylic acids is 3. The Morgan fingerprint density at radius 2 is 1.68 bits per heavy atom. The Morgan fingerprint density at radius 1 is 0.973 bits per heavy atom. The molecular weight excluding hydrogens is 466 g/mol. The molecule has 0 saturated carbocycles. The highest BCUT2D eigenvalue weighted by Crippen LogP contribution is 2.25. The zero-order valence-corrected chi connectivity index (χ0v) is 20.3. The number of para-hydroxylation sites is 1. The van der Waals surface area contributed by atoms with Gasteiger partial charge in [0, 0.05) is 24.8 Å². The fourth-order valence-corrected chi connectivity index (χ4v) is 4.38. The van der Waals surface area contributed by atoms with E-state index >= 15 is 0 Å². The predicted molar refractivity (Wildman–Crippen MR) is 138 cm³/mol. The lowest BCUT2D eigenvalue weighted by atomic mass is 10.0. The molecule has 1 saturated heterocycles. The molecule has 0 aromatic heterocycles. The summed E-state index contributed by atoms with van der Waals surface area (Å²) in [7, 11) is 1.53. The van der Waals surface area contributed by atoms with Crippen molar-refractivity contribution in [1.29, 1.82) is 10.5 Å². The van der Waals surface area contributed by atoms with Crippen LogP contribution in [0.4, 0.5) is 5.69 Å². The zero-order valence-electron chi connectivity index (χ0n) is 20.3. The number of nitrogens with one attached hydrogen (secondary N) is 1. The maximum absolute atomic E-state index is 13.1. The number of anilines is 1. The quantitative estimate of drug-likeness (QED) is 0.565. The number of amides is 3. The third-order valence-corrected chi connectivity index (χ3v) is 6.34. The van der Waals surface area contributed by atoms with Gasteiger partial charge in [0.2, 0.25) is 11.8 Å². The van der Waals surface area contributed by atoms with Crippen molar-refractivity contribution in [1.82, 2.24) is 9.80 Å². The number of nitriles is 2. The lowest BCUT2D eigenvalue weighted by molar-refractivity contribution is -0.131.